The molecule has 2 N–H and O–H groups in total. The van der Waals surface area contributed by atoms with Crippen LogP contribution in [0.15, 0.2) is 23.6 Å². The molecule has 2 aromatic rings. The topological polar surface area (TPSA) is 48.1 Å². The normalized spacial score (nSPS) is 12.4. The second kappa shape index (κ2) is 7.57. The van der Waals surface area contributed by atoms with Crippen molar-refractivity contribution >= 4 is 11.3 Å². The lowest BCUT2D eigenvalue weighted by Gasteiger charge is -2.16. The third kappa shape index (κ3) is 4.29. The molecule has 0 fully saturated rings. The Labute approximate surface area is 131 Å². The van der Waals surface area contributed by atoms with Gasteiger partial charge in [-0.1, -0.05) is 32.0 Å². The molecule has 0 aliphatic rings. The summed E-state index contributed by atoms with van der Waals surface area (Å²) in [6, 6.07) is 6.43. The van der Waals surface area contributed by atoms with Crippen LogP contribution < -0.4 is 10.5 Å². The van der Waals surface area contributed by atoms with E-state index >= 15 is 0 Å². The number of nitrogens with two attached hydrogens (primary N) is 1. The molecule has 0 saturated carbocycles. The molecule has 0 aliphatic carbocycles. The van der Waals surface area contributed by atoms with Gasteiger partial charge in [0.25, 0.3) is 0 Å². The molecule has 0 bridgehead atoms. The average Bonchev–Trinajstić information content (AvgIpc) is 2.94. The maximum Gasteiger partial charge on any atom is 0.131 e. The van der Waals surface area contributed by atoms with Gasteiger partial charge in [0.15, 0.2) is 0 Å². The predicted molar refractivity (Wildman–Crippen MR) is 89.0 cm³/mol. The zero-order valence-electron chi connectivity index (χ0n) is 13.1. The Morgan fingerprint density at radius 3 is 2.81 bits per heavy atom. The lowest BCUT2D eigenvalue weighted by molar-refractivity contribution is 0.296. The first-order valence-corrected chi connectivity index (χ1v) is 8.42. The quantitative estimate of drug-likeness (QED) is 0.844. The van der Waals surface area contributed by atoms with Gasteiger partial charge in [-0.15, -0.1) is 11.3 Å². The standard InChI is InChI=1S/C17H24N2OS/c1-4-14(18)9-13-8-6-7-12(3)17(13)20-10-15-11-21-16(5-2)19-15/h6-8,11,14H,4-5,9-10,18H2,1-3H3. The summed E-state index contributed by atoms with van der Waals surface area (Å²) in [5.74, 6) is 0.965. The fourth-order valence-corrected chi connectivity index (χ4v) is 2.96. The lowest BCUT2D eigenvalue weighted by atomic mass is 10.0. The number of hydrogen-bond acceptors (Lipinski definition) is 4. The van der Waals surface area contributed by atoms with Crippen molar-refractivity contribution in [3.05, 3.63) is 45.4 Å². The molecule has 0 aliphatic heterocycles. The summed E-state index contributed by atoms with van der Waals surface area (Å²) >= 11 is 1.70. The SMILES string of the molecule is CCc1nc(COc2c(C)cccc2CC(N)CC)cs1. The summed E-state index contributed by atoms with van der Waals surface area (Å²) in [5, 5.41) is 3.24. The van der Waals surface area contributed by atoms with Gasteiger partial charge >= 0.3 is 0 Å². The first-order valence-electron chi connectivity index (χ1n) is 7.54. The second-order valence-corrected chi connectivity index (χ2v) is 6.25. The first kappa shape index (κ1) is 16.0. The summed E-state index contributed by atoms with van der Waals surface area (Å²) in [4.78, 5) is 4.55. The smallest absolute Gasteiger partial charge is 0.131 e. The predicted octanol–water partition coefficient (Wildman–Crippen LogP) is 3.87. The van der Waals surface area contributed by atoms with E-state index in [1.165, 1.54) is 5.56 Å². The summed E-state index contributed by atoms with van der Waals surface area (Å²) in [7, 11) is 0. The van der Waals surface area contributed by atoms with Crippen molar-refractivity contribution in [1.29, 1.82) is 0 Å². The molecule has 0 amide bonds. The molecule has 3 nitrogen and oxygen atoms in total. The first-order chi connectivity index (χ1) is 10.1. The number of benzene rings is 1. The minimum absolute atomic E-state index is 0.181. The van der Waals surface area contributed by atoms with Crippen molar-refractivity contribution < 1.29 is 4.74 Å². The van der Waals surface area contributed by atoms with Gasteiger partial charge in [0, 0.05) is 11.4 Å². The van der Waals surface area contributed by atoms with Crippen molar-refractivity contribution in [2.45, 2.75) is 52.7 Å². The van der Waals surface area contributed by atoms with Crippen LogP contribution in [-0.2, 0) is 19.4 Å². The number of nitrogens with zero attached hydrogens (tertiary/aromatic N) is 1. The van der Waals surface area contributed by atoms with Crippen molar-refractivity contribution in [3.8, 4) is 5.75 Å². The molecule has 1 unspecified atom stereocenters. The highest BCUT2D eigenvalue weighted by atomic mass is 32.1. The van der Waals surface area contributed by atoms with E-state index in [2.05, 4.69) is 49.3 Å². The number of rotatable bonds is 7. The van der Waals surface area contributed by atoms with Gasteiger partial charge < -0.3 is 10.5 Å². The van der Waals surface area contributed by atoms with E-state index in [-0.39, 0.29) is 6.04 Å². The van der Waals surface area contributed by atoms with Gasteiger partial charge in [-0.05, 0) is 37.3 Å². The third-order valence-corrected chi connectivity index (χ3v) is 4.61. The lowest BCUT2D eigenvalue weighted by Crippen LogP contribution is -2.21. The molecular formula is C17H24N2OS. The van der Waals surface area contributed by atoms with Crippen LogP contribution in [0.5, 0.6) is 5.75 Å². The monoisotopic (exact) mass is 304 g/mol. The van der Waals surface area contributed by atoms with Gasteiger partial charge in [0.2, 0.25) is 0 Å². The maximum atomic E-state index is 6.09. The summed E-state index contributed by atoms with van der Waals surface area (Å²) in [6.07, 6.45) is 2.80. The van der Waals surface area contributed by atoms with E-state index in [0.717, 1.165) is 41.3 Å². The number of aryl methyl sites for hydroxylation is 2. The Balaban J connectivity index is 2.10. The minimum Gasteiger partial charge on any atom is -0.487 e. The van der Waals surface area contributed by atoms with Gasteiger partial charge in [-0.2, -0.15) is 0 Å². The molecule has 1 heterocycles. The van der Waals surface area contributed by atoms with Gasteiger partial charge in [0.05, 0.1) is 10.7 Å². The van der Waals surface area contributed by atoms with Gasteiger partial charge in [-0.3, -0.25) is 0 Å². The van der Waals surface area contributed by atoms with Crippen LogP contribution >= 0.6 is 11.3 Å². The number of aromatic nitrogens is 1. The Morgan fingerprint density at radius 2 is 2.14 bits per heavy atom. The van der Waals surface area contributed by atoms with Crippen LogP contribution in [0.2, 0.25) is 0 Å². The van der Waals surface area contributed by atoms with Gasteiger partial charge in [-0.25, -0.2) is 4.98 Å². The van der Waals surface area contributed by atoms with Crippen LogP contribution in [0.1, 0.15) is 42.1 Å². The second-order valence-electron chi connectivity index (χ2n) is 5.31. The largest absolute Gasteiger partial charge is 0.487 e. The van der Waals surface area contributed by atoms with Gasteiger partial charge in [0.1, 0.15) is 12.4 Å². The third-order valence-electron chi connectivity index (χ3n) is 3.57. The molecule has 21 heavy (non-hydrogen) atoms. The highest BCUT2D eigenvalue weighted by Crippen LogP contribution is 2.26. The van der Waals surface area contributed by atoms with Crippen molar-refractivity contribution in [3.63, 3.8) is 0 Å². The van der Waals surface area contributed by atoms with E-state index in [9.17, 15) is 0 Å². The Bertz CT molecular complexity index is 580. The number of hydrogen-bond donors (Lipinski definition) is 1. The highest BCUT2D eigenvalue weighted by molar-refractivity contribution is 7.09. The van der Waals surface area contributed by atoms with E-state index in [1.54, 1.807) is 11.3 Å². The van der Waals surface area contributed by atoms with E-state index < -0.39 is 0 Å². The average molecular weight is 304 g/mol. The van der Waals surface area contributed by atoms with Crippen LogP contribution in [-0.4, -0.2) is 11.0 Å². The Kier molecular flexibility index (Phi) is 5.76. The molecule has 1 atom stereocenters. The molecule has 2 rings (SSSR count). The molecule has 0 saturated heterocycles. The van der Waals surface area contributed by atoms with Crippen LogP contribution in [0.4, 0.5) is 0 Å². The molecule has 0 radical (unpaired) electrons. The Morgan fingerprint density at radius 1 is 1.33 bits per heavy atom. The van der Waals surface area contributed by atoms with Crippen molar-refractivity contribution in [1.82, 2.24) is 4.98 Å². The molecule has 1 aromatic heterocycles. The number of ether oxygens (including phenoxy) is 1. The zero-order valence-corrected chi connectivity index (χ0v) is 13.9. The molecule has 4 heteroatoms. The maximum absolute atomic E-state index is 6.09. The molecule has 0 spiro atoms. The van der Waals surface area contributed by atoms with Crippen LogP contribution in [0.3, 0.4) is 0 Å². The van der Waals surface area contributed by atoms with Crippen LogP contribution in [0.25, 0.3) is 0 Å². The zero-order chi connectivity index (χ0) is 15.2. The number of para-hydroxylation sites is 1. The summed E-state index contributed by atoms with van der Waals surface area (Å²) in [6.45, 7) is 6.84. The van der Waals surface area contributed by atoms with E-state index in [4.69, 9.17) is 10.5 Å². The Hall–Kier alpha value is -1.39. The molecular weight excluding hydrogens is 280 g/mol. The minimum atomic E-state index is 0.181. The summed E-state index contributed by atoms with van der Waals surface area (Å²) < 4.78 is 6.05. The molecule has 114 valence electrons. The number of thiazole rings is 1. The van der Waals surface area contributed by atoms with E-state index in [0.29, 0.717) is 6.61 Å². The highest BCUT2D eigenvalue weighted by Gasteiger charge is 2.11. The van der Waals surface area contributed by atoms with E-state index in [1.807, 2.05) is 0 Å². The fourth-order valence-electron chi connectivity index (χ4n) is 2.23. The van der Waals surface area contributed by atoms with Crippen LogP contribution in [0, 0.1) is 6.92 Å². The van der Waals surface area contributed by atoms with Crippen molar-refractivity contribution in [2.75, 3.05) is 0 Å². The summed E-state index contributed by atoms with van der Waals surface area (Å²) in [5.41, 5.74) is 9.44. The molecule has 1 aromatic carbocycles. The van der Waals surface area contributed by atoms with Crippen molar-refractivity contribution in [2.24, 2.45) is 5.73 Å². The fraction of sp³-hybridized carbons (Fsp3) is 0.471.